The van der Waals surface area contributed by atoms with E-state index in [0.29, 0.717) is 24.5 Å². The molecule has 0 N–H and O–H groups in total. The third-order valence-electron chi connectivity index (χ3n) is 3.80. The van der Waals surface area contributed by atoms with Gasteiger partial charge >= 0.3 is 5.97 Å². The van der Waals surface area contributed by atoms with E-state index >= 15 is 0 Å². The van der Waals surface area contributed by atoms with Gasteiger partial charge in [-0.15, -0.1) is 0 Å². The van der Waals surface area contributed by atoms with Crippen molar-refractivity contribution >= 4 is 5.97 Å². The van der Waals surface area contributed by atoms with Gasteiger partial charge in [0.2, 0.25) is 0 Å². The van der Waals surface area contributed by atoms with Crippen molar-refractivity contribution in [1.29, 1.82) is 0 Å². The smallest absolute Gasteiger partial charge is 0.338 e. The Labute approximate surface area is 131 Å². The highest BCUT2D eigenvalue weighted by Gasteiger charge is 2.13. The second-order valence-corrected chi connectivity index (χ2v) is 5.31. The van der Waals surface area contributed by atoms with Crippen LogP contribution in [0, 0.1) is 20.8 Å². The molecule has 3 nitrogen and oxygen atoms in total. The maximum Gasteiger partial charge on any atom is 0.338 e. The van der Waals surface area contributed by atoms with Crippen LogP contribution in [0.3, 0.4) is 0 Å². The SMILES string of the molecule is CCOC(=O)c1cccc(OCc2c(C)cccc2C)c1C. The topological polar surface area (TPSA) is 35.5 Å². The Morgan fingerprint density at radius 3 is 2.27 bits per heavy atom. The number of ether oxygens (including phenoxy) is 2. The molecule has 0 heterocycles. The monoisotopic (exact) mass is 298 g/mol. The van der Waals surface area contributed by atoms with Gasteiger partial charge in [-0.2, -0.15) is 0 Å². The lowest BCUT2D eigenvalue weighted by molar-refractivity contribution is 0.0525. The second kappa shape index (κ2) is 7.12. The highest BCUT2D eigenvalue weighted by molar-refractivity contribution is 5.91. The minimum Gasteiger partial charge on any atom is -0.489 e. The molecule has 0 unspecified atom stereocenters. The van der Waals surface area contributed by atoms with Crippen LogP contribution in [0.2, 0.25) is 0 Å². The molecule has 22 heavy (non-hydrogen) atoms. The average Bonchev–Trinajstić information content (AvgIpc) is 2.48. The summed E-state index contributed by atoms with van der Waals surface area (Å²) in [6.07, 6.45) is 0. The average molecular weight is 298 g/mol. The normalized spacial score (nSPS) is 10.4. The number of hydrogen-bond acceptors (Lipinski definition) is 3. The summed E-state index contributed by atoms with van der Waals surface area (Å²) in [6, 6.07) is 11.7. The molecule has 0 bridgehead atoms. The molecule has 0 aliphatic heterocycles. The highest BCUT2D eigenvalue weighted by atomic mass is 16.5. The van der Waals surface area contributed by atoms with E-state index < -0.39 is 0 Å². The van der Waals surface area contributed by atoms with Crippen molar-refractivity contribution < 1.29 is 14.3 Å². The van der Waals surface area contributed by atoms with Crippen LogP contribution in [0.25, 0.3) is 0 Å². The predicted molar refractivity (Wildman–Crippen MR) is 87.4 cm³/mol. The van der Waals surface area contributed by atoms with Crippen molar-refractivity contribution in [3.8, 4) is 5.75 Å². The summed E-state index contributed by atoms with van der Waals surface area (Å²) < 4.78 is 11.0. The molecule has 0 aliphatic carbocycles. The third-order valence-corrected chi connectivity index (χ3v) is 3.80. The molecular formula is C19H22O3. The summed E-state index contributed by atoms with van der Waals surface area (Å²) in [4.78, 5) is 11.9. The van der Waals surface area contributed by atoms with Crippen molar-refractivity contribution in [1.82, 2.24) is 0 Å². The van der Waals surface area contributed by atoms with E-state index in [1.165, 1.54) is 16.7 Å². The molecule has 2 rings (SSSR count). The molecule has 3 heteroatoms. The Morgan fingerprint density at radius 2 is 1.64 bits per heavy atom. The first-order chi connectivity index (χ1) is 10.5. The van der Waals surface area contributed by atoms with Crippen molar-refractivity contribution in [2.24, 2.45) is 0 Å². The zero-order chi connectivity index (χ0) is 16.1. The minimum absolute atomic E-state index is 0.308. The first kappa shape index (κ1) is 16.1. The second-order valence-electron chi connectivity index (χ2n) is 5.31. The van der Waals surface area contributed by atoms with E-state index in [9.17, 15) is 4.79 Å². The lowest BCUT2D eigenvalue weighted by Gasteiger charge is -2.14. The van der Waals surface area contributed by atoms with E-state index in [0.717, 1.165) is 5.56 Å². The van der Waals surface area contributed by atoms with Gasteiger partial charge in [0.1, 0.15) is 12.4 Å². The lowest BCUT2D eigenvalue weighted by Crippen LogP contribution is -2.08. The molecule has 2 aromatic carbocycles. The van der Waals surface area contributed by atoms with E-state index in [1.54, 1.807) is 13.0 Å². The van der Waals surface area contributed by atoms with Crippen LogP contribution < -0.4 is 4.74 Å². The summed E-state index contributed by atoms with van der Waals surface area (Å²) in [6.45, 7) is 8.69. The molecular weight excluding hydrogens is 276 g/mol. The molecule has 0 saturated heterocycles. The maximum absolute atomic E-state index is 11.9. The molecule has 0 spiro atoms. The summed E-state index contributed by atoms with van der Waals surface area (Å²) >= 11 is 0. The van der Waals surface area contributed by atoms with Crippen molar-refractivity contribution in [3.63, 3.8) is 0 Å². The molecule has 0 radical (unpaired) electrons. The van der Waals surface area contributed by atoms with Gasteiger partial charge in [0.05, 0.1) is 12.2 Å². The quantitative estimate of drug-likeness (QED) is 0.769. The number of esters is 1. The summed E-state index contributed by atoms with van der Waals surface area (Å²) in [5.74, 6) is 0.408. The van der Waals surface area contributed by atoms with Crippen molar-refractivity contribution in [2.45, 2.75) is 34.3 Å². The van der Waals surface area contributed by atoms with Gasteiger partial charge in [-0.05, 0) is 56.5 Å². The Hall–Kier alpha value is -2.29. The van der Waals surface area contributed by atoms with Crippen LogP contribution in [0.4, 0.5) is 0 Å². The zero-order valence-electron chi connectivity index (χ0n) is 13.6. The third kappa shape index (κ3) is 3.48. The van der Waals surface area contributed by atoms with Crippen LogP contribution in [0.1, 0.15) is 39.5 Å². The molecule has 0 fully saturated rings. The molecule has 0 atom stereocenters. The van der Waals surface area contributed by atoms with Gasteiger partial charge in [-0.3, -0.25) is 0 Å². The highest BCUT2D eigenvalue weighted by Crippen LogP contribution is 2.24. The van der Waals surface area contributed by atoms with Crippen molar-refractivity contribution in [3.05, 3.63) is 64.2 Å². The zero-order valence-corrected chi connectivity index (χ0v) is 13.6. The Morgan fingerprint density at radius 1 is 1.00 bits per heavy atom. The first-order valence-corrected chi connectivity index (χ1v) is 7.49. The van der Waals surface area contributed by atoms with Gasteiger partial charge in [0, 0.05) is 5.56 Å². The maximum atomic E-state index is 11.9. The van der Waals surface area contributed by atoms with Gasteiger partial charge in [0.25, 0.3) is 0 Å². The molecule has 0 saturated carbocycles. The Balaban J connectivity index is 2.20. The van der Waals surface area contributed by atoms with Gasteiger partial charge in [0.15, 0.2) is 0 Å². The number of rotatable bonds is 5. The van der Waals surface area contributed by atoms with E-state index in [2.05, 4.69) is 26.0 Å². The minimum atomic E-state index is -0.308. The van der Waals surface area contributed by atoms with E-state index in [4.69, 9.17) is 9.47 Å². The summed E-state index contributed by atoms with van der Waals surface area (Å²) in [5, 5.41) is 0. The Kier molecular flexibility index (Phi) is 5.21. The molecule has 116 valence electrons. The van der Waals surface area contributed by atoms with Crippen LogP contribution in [0.5, 0.6) is 5.75 Å². The van der Waals surface area contributed by atoms with Gasteiger partial charge in [-0.25, -0.2) is 4.79 Å². The molecule has 0 amide bonds. The standard InChI is InChI=1S/C19H22O3/c1-5-21-19(20)16-10-7-11-18(15(16)4)22-12-17-13(2)8-6-9-14(17)3/h6-11H,5,12H2,1-4H3. The fourth-order valence-electron chi connectivity index (χ4n) is 2.43. The Bertz CT molecular complexity index is 654. The number of aryl methyl sites for hydroxylation is 2. The van der Waals surface area contributed by atoms with E-state index in [1.807, 2.05) is 25.1 Å². The molecule has 0 aliphatic rings. The van der Waals surface area contributed by atoms with Crippen LogP contribution >= 0.6 is 0 Å². The van der Waals surface area contributed by atoms with E-state index in [-0.39, 0.29) is 5.97 Å². The molecule has 0 aromatic heterocycles. The van der Waals surface area contributed by atoms with Crippen LogP contribution in [0.15, 0.2) is 36.4 Å². The fourth-order valence-corrected chi connectivity index (χ4v) is 2.43. The van der Waals surface area contributed by atoms with Gasteiger partial charge < -0.3 is 9.47 Å². The first-order valence-electron chi connectivity index (χ1n) is 7.49. The van der Waals surface area contributed by atoms with Crippen molar-refractivity contribution in [2.75, 3.05) is 6.61 Å². The number of carbonyl (C=O) groups excluding carboxylic acids is 1. The van der Waals surface area contributed by atoms with Crippen LogP contribution in [-0.2, 0) is 11.3 Å². The number of hydrogen-bond donors (Lipinski definition) is 0. The lowest BCUT2D eigenvalue weighted by atomic mass is 10.0. The summed E-state index contributed by atoms with van der Waals surface area (Å²) in [7, 11) is 0. The fraction of sp³-hybridized carbons (Fsp3) is 0.316. The van der Waals surface area contributed by atoms with Crippen LogP contribution in [-0.4, -0.2) is 12.6 Å². The molecule has 2 aromatic rings. The predicted octanol–water partition coefficient (Wildman–Crippen LogP) is 4.37. The van der Waals surface area contributed by atoms with Gasteiger partial charge in [-0.1, -0.05) is 24.3 Å². The number of benzene rings is 2. The summed E-state index contributed by atoms with van der Waals surface area (Å²) in [5.41, 5.74) is 4.97. The number of carbonyl (C=O) groups is 1. The largest absolute Gasteiger partial charge is 0.489 e.